The molecule has 1 fully saturated rings. The van der Waals surface area contributed by atoms with Gasteiger partial charge < -0.3 is 10.4 Å². The second kappa shape index (κ2) is 5.69. The summed E-state index contributed by atoms with van der Waals surface area (Å²) in [6, 6.07) is 1.87. The van der Waals surface area contributed by atoms with E-state index in [0.29, 0.717) is 17.5 Å². The van der Waals surface area contributed by atoms with E-state index in [4.69, 9.17) is 0 Å². The van der Waals surface area contributed by atoms with Gasteiger partial charge in [-0.1, -0.05) is 13.8 Å². The van der Waals surface area contributed by atoms with Gasteiger partial charge in [-0.3, -0.25) is 4.79 Å². The molecule has 1 aromatic heterocycles. The van der Waals surface area contributed by atoms with Crippen molar-refractivity contribution in [3.05, 3.63) is 19.9 Å². The third-order valence-corrected chi connectivity index (χ3v) is 5.73. The first kappa shape index (κ1) is 15.3. The summed E-state index contributed by atoms with van der Waals surface area (Å²) >= 11 is 3.76. The van der Waals surface area contributed by atoms with Crippen molar-refractivity contribution in [3.8, 4) is 0 Å². The van der Waals surface area contributed by atoms with Crippen molar-refractivity contribution in [2.24, 2.45) is 5.41 Å². The van der Waals surface area contributed by atoms with Crippen LogP contribution in [0.4, 0.5) is 0 Å². The van der Waals surface area contributed by atoms with Gasteiger partial charge in [0, 0.05) is 11.9 Å². The minimum Gasteiger partial charge on any atom is -0.388 e. The Morgan fingerprint density at radius 1 is 1.42 bits per heavy atom. The van der Waals surface area contributed by atoms with Crippen LogP contribution in [-0.4, -0.2) is 23.2 Å². The van der Waals surface area contributed by atoms with Crippen molar-refractivity contribution in [2.45, 2.75) is 45.1 Å². The number of halogens is 1. The van der Waals surface area contributed by atoms with E-state index in [0.717, 1.165) is 28.6 Å². The number of aliphatic hydroxyl groups is 1. The summed E-state index contributed by atoms with van der Waals surface area (Å²) < 4.78 is 1.10. The average Bonchev–Trinajstić information content (AvgIpc) is 2.78. The molecule has 1 saturated carbocycles. The first-order chi connectivity index (χ1) is 8.80. The number of hydrogen-bond acceptors (Lipinski definition) is 3. The Balaban J connectivity index is 1.87. The molecule has 0 unspecified atom stereocenters. The van der Waals surface area contributed by atoms with Crippen LogP contribution in [0.3, 0.4) is 0 Å². The zero-order valence-corrected chi connectivity index (χ0v) is 14.3. The van der Waals surface area contributed by atoms with Crippen LogP contribution in [0.5, 0.6) is 0 Å². The van der Waals surface area contributed by atoms with Crippen molar-refractivity contribution in [1.82, 2.24) is 5.32 Å². The van der Waals surface area contributed by atoms with Crippen LogP contribution in [-0.2, 0) is 0 Å². The summed E-state index contributed by atoms with van der Waals surface area (Å²) in [4.78, 5) is 12.0. The normalized spacial score (nSPS) is 21.1. The molecule has 0 saturated heterocycles. The molecule has 1 amide bonds. The molecule has 0 aliphatic heterocycles. The second-order valence-corrected chi connectivity index (χ2v) is 9.02. The van der Waals surface area contributed by atoms with Crippen molar-refractivity contribution in [2.75, 3.05) is 6.54 Å². The van der Waals surface area contributed by atoms with E-state index < -0.39 is 5.60 Å². The molecule has 2 N–H and O–H groups in total. The summed E-state index contributed by atoms with van der Waals surface area (Å²) in [6.07, 6.45) is 3.55. The highest BCUT2D eigenvalue weighted by Crippen LogP contribution is 2.39. The predicted octanol–water partition coefficient (Wildman–Crippen LogP) is 3.41. The summed E-state index contributed by atoms with van der Waals surface area (Å²) in [5, 5.41) is 15.2. The maximum absolute atomic E-state index is 12.0. The number of hydrogen-bond donors (Lipinski definition) is 2. The Hall–Kier alpha value is -0.140. The number of amides is 1. The number of carbonyl (C=O) groups excluding carboxylic acids is 1. The zero-order valence-electron chi connectivity index (χ0n) is 11.3. The molecule has 5 heteroatoms. The topological polar surface area (TPSA) is 49.3 Å². The molecule has 2 rings (SSSR count). The number of nitrogens with one attached hydrogen (secondary N) is 1. The lowest BCUT2D eigenvalue weighted by molar-refractivity contribution is -0.0233. The van der Waals surface area contributed by atoms with Crippen LogP contribution in [0.25, 0.3) is 0 Å². The van der Waals surface area contributed by atoms with E-state index in [2.05, 4.69) is 41.8 Å². The lowest BCUT2D eigenvalue weighted by atomic mass is 9.71. The standard InChI is InChI=1S/C14H20INO2S/c1-13(2)3-5-14(18,6-4-13)9-16-12(17)10-7-11(15)19-8-10/h7-8,18H,3-6,9H2,1-2H3,(H,16,17). The number of thiophene rings is 1. The molecule has 0 atom stereocenters. The largest absolute Gasteiger partial charge is 0.388 e. The van der Waals surface area contributed by atoms with Crippen molar-refractivity contribution in [1.29, 1.82) is 0 Å². The minimum absolute atomic E-state index is 0.0857. The third kappa shape index (κ3) is 4.16. The molecule has 0 spiro atoms. The van der Waals surface area contributed by atoms with Crippen LogP contribution >= 0.6 is 33.9 Å². The van der Waals surface area contributed by atoms with Crippen molar-refractivity contribution < 1.29 is 9.90 Å². The fourth-order valence-corrected chi connectivity index (χ4v) is 3.67. The highest BCUT2D eigenvalue weighted by molar-refractivity contribution is 14.1. The monoisotopic (exact) mass is 393 g/mol. The van der Waals surface area contributed by atoms with Crippen molar-refractivity contribution >= 4 is 39.8 Å². The molecule has 1 aliphatic rings. The second-order valence-electron chi connectivity index (χ2n) is 6.21. The van der Waals surface area contributed by atoms with E-state index in [1.54, 1.807) is 11.3 Å². The molecule has 3 nitrogen and oxygen atoms in total. The van der Waals surface area contributed by atoms with Crippen LogP contribution in [0, 0.1) is 8.30 Å². The summed E-state index contributed by atoms with van der Waals surface area (Å²) in [6.45, 7) is 4.82. The van der Waals surface area contributed by atoms with Gasteiger partial charge in [-0.05, 0) is 59.8 Å². The highest BCUT2D eigenvalue weighted by Gasteiger charge is 2.36. The van der Waals surface area contributed by atoms with E-state index in [1.165, 1.54) is 0 Å². The zero-order chi connectivity index (χ0) is 14.1. The molecule has 0 aromatic carbocycles. The molecular formula is C14H20INO2S. The van der Waals surface area contributed by atoms with E-state index >= 15 is 0 Å². The fraction of sp³-hybridized carbons (Fsp3) is 0.643. The maximum atomic E-state index is 12.0. The summed E-state index contributed by atoms with van der Waals surface area (Å²) in [5.41, 5.74) is 0.280. The molecule has 1 heterocycles. The van der Waals surface area contributed by atoms with Gasteiger partial charge in [-0.2, -0.15) is 0 Å². The predicted molar refractivity (Wildman–Crippen MR) is 86.6 cm³/mol. The Bertz CT molecular complexity index is 460. The van der Waals surface area contributed by atoms with Crippen LogP contribution in [0.15, 0.2) is 11.4 Å². The Labute approximate surface area is 131 Å². The molecular weight excluding hydrogens is 373 g/mol. The maximum Gasteiger partial charge on any atom is 0.252 e. The SMILES string of the molecule is CC1(C)CCC(O)(CNC(=O)c2csc(I)c2)CC1. The van der Waals surface area contributed by atoms with Gasteiger partial charge in [0.2, 0.25) is 0 Å². The highest BCUT2D eigenvalue weighted by atomic mass is 127. The third-order valence-electron chi connectivity index (χ3n) is 3.94. The van der Waals surface area contributed by atoms with Crippen LogP contribution in [0.2, 0.25) is 0 Å². The first-order valence-electron chi connectivity index (χ1n) is 6.54. The van der Waals surface area contributed by atoms with Gasteiger partial charge in [-0.25, -0.2) is 0 Å². The lowest BCUT2D eigenvalue weighted by Crippen LogP contribution is -2.46. The molecule has 1 aliphatic carbocycles. The first-order valence-corrected chi connectivity index (χ1v) is 8.50. The molecule has 19 heavy (non-hydrogen) atoms. The van der Waals surface area contributed by atoms with Gasteiger partial charge in [0.15, 0.2) is 0 Å². The Kier molecular flexibility index (Phi) is 4.57. The van der Waals surface area contributed by atoms with Gasteiger partial charge >= 0.3 is 0 Å². The minimum atomic E-state index is -0.728. The van der Waals surface area contributed by atoms with E-state index in [1.807, 2.05) is 11.4 Å². The summed E-state index contributed by atoms with van der Waals surface area (Å²) in [5.74, 6) is -0.0857. The van der Waals surface area contributed by atoms with Crippen molar-refractivity contribution in [3.63, 3.8) is 0 Å². The molecule has 106 valence electrons. The average molecular weight is 393 g/mol. The lowest BCUT2D eigenvalue weighted by Gasteiger charge is -2.40. The smallest absolute Gasteiger partial charge is 0.252 e. The fourth-order valence-electron chi connectivity index (χ4n) is 2.34. The van der Waals surface area contributed by atoms with Crippen LogP contribution < -0.4 is 5.32 Å². The summed E-state index contributed by atoms with van der Waals surface area (Å²) in [7, 11) is 0. The Morgan fingerprint density at radius 3 is 2.58 bits per heavy atom. The van der Waals surface area contributed by atoms with Gasteiger partial charge in [0.05, 0.1) is 14.0 Å². The van der Waals surface area contributed by atoms with Gasteiger partial charge in [-0.15, -0.1) is 11.3 Å². The Morgan fingerprint density at radius 2 is 2.05 bits per heavy atom. The van der Waals surface area contributed by atoms with Gasteiger partial charge in [0.25, 0.3) is 5.91 Å². The van der Waals surface area contributed by atoms with E-state index in [9.17, 15) is 9.90 Å². The molecule has 0 radical (unpaired) electrons. The van der Waals surface area contributed by atoms with Gasteiger partial charge in [0.1, 0.15) is 0 Å². The number of rotatable bonds is 3. The number of carbonyl (C=O) groups is 1. The van der Waals surface area contributed by atoms with Crippen LogP contribution in [0.1, 0.15) is 49.9 Å². The molecule has 0 bridgehead atoms. The molecule has 1 aromatic rings. The van der Waals surface area contributed by atoms with E-state index in [-0.39, 0.29) is 5.91 Å². The quantitative estimate of drug-likeness (QED) is 0.774.